The van der Waals surface area contributed by atoms with Crippen molar-refractivity contribution in [2.24, 2.45) is 23.7 Å². The summed E-state index contributed by atoms with van der Waals surface area (Å²) in [4.78, 5) is 0. The van der Waals surface area contributed by atoms with E-state index in [9.17, 15) is 20.4 Å². The lowest BCUT2D eigenvalue weighted by Crippen LogP contribution is -2.58. The van der Waals surface area contributed by atoms with E-state index in [1.165, 1.54) is 12.8 Å². The second-order valence-corrected chi connectivity index (χ2v) is 11.3. The van der Waals surface area contributed by atoms with Crippen molar-refractivity contribution in [3.63, 3.8) is 0 Å². The first-order chi connectivity index (χ1) is 16.3. The van der Waals surface area contributed by atoms with Crippen LogP contribution >= 0.6 is 0 Å². The Morgan fingerprint density at radius 2 is 1.44 bits per heavy atom. The van der Waals surface area contributed by atoms with Crippen LogP contribution < -0.4 is 5.32 Å². The summed E-state index contributed by atoms with van der Waals surface area (Å²) in [5, 5.41) is 44.6. The number of aliphatic hydroxyl groups excluding tert-OH is 4. The van der Waals surface area contributed by atoms with E-state index in [1.807, 2.05) is 6.92 Å². The Kier molecular flexibility index (Phi) is 9.26. The van der Waals surface area contributed by atoms with Crippen molar-refractivity contribution in [1.29, 1.82) is 0 Å². The van der Waals surface area contributed by atoms with E-state index in [0.29, 0.717) is 0 Å². The van der Waals surface area contributed by atoms with Crippen molar-refractivity contribution in [3.05, 3.63) is 0 Å². The highest BCUT2D eigenvalue weighted by atomic mass is 16.7. The molecular weight excluding hydrogens is 442 g/mol. The third-order valence-corrected chi connectivity index (χ3v) is 8.07. The number of rotatable bonds is 9. The minimum Gasteiger partial charge on any atom is -0.394 e. The molecule has 2 heterocycles. The quantitative estimate of drug-likeness (QED) is 0.320. The molecule has 0 amide bonds. The van der Waals surface area contributed by atoms with Crippen LogP contribution in [0.15, 0.2) is 0 Å². The number of nitrogens with one attached hydrogen (secondary N) is 1. The summed E-state index contributed by atoms with van der Waals surface area (Å²) in [6.45, 7) is 7.72. The Balaban J connectivity index is 1.35. The average molecular weight is 488 g/mol. The van der Waals surface area contributed by atoms with Gasteiger partial charge in [0.2, 0.25) is 0 Å². The van der Waals surface area contributed by atoms with Gasteiger partial charge in [-0.25, -0.2) is 0 Å². The van der Waals surface area contributed by atoms with Gasteiger partial charge in [0.1, 0.15) is 18.3 Å². The fraction of sp³-hybridized carbons (Fsp3) is 1.00. The molecule has 0 spiro atoms. The van der Waals surface area contributed by atoms with Gasteiger partial charge in [0, 0.05) is 18.9 Å². The van der Waals surface area contributed by atoms with Gasteiger partial charge in [-0.1, -0.05) is 20.8 Å². The van der Waals surface area contributed by atoms with Gasteiger partial charge in [0.15, 0.2) is 12.6 Å². The molecular formula is C25H45NO8. The van der Waals surface area contributed by atoms with Crippen LogP contribution in [0.5, 0.6) is 0 Å². The van der Waals surface area contributed by atoms with E-state index in [2.05, 4.69) is 19.2 Å². The molecule has 9 nitrogen and oxygen atoms in total. The van der Waals surface area contributed by atoms with Crippen LogP contribution in [-0.2, 0) is 18.9 Å². The molecule has 4 rings (SSSR count). The predicted molar refractivity (Wildman–Crippen MR) is 124 cm³/mol. The second-order valence-electron chi connectivity index (χ2n) is 11.3. The van der Waals surface area contributed by atoms with Gasteiger partial charge in [-0.3, -0.25) is 0 Å². The standard InChI is InChI=1S/C25H45NO8/c1-13-4-7-17(11-26-10-16-5-6-16)31-24(13)33-22-14(2)8-15(3)23(21(22)30)34-25-19(29)9-18(28)20(12-27)32-25/h13-30H,4-12H2,1-3H3. The molecule has 34 heavy (non-hydrogen) atoms. The van der Waals surface area contributed by atoms with Gasteiger partial charge in [-0.05, 0) is 56.4 Å². The molecule has 4 aliphatic rings. The fourth-order valence-electron chi connectivity index (χ4n) is 5.67. The minimum atomic E-state index is -1.04. The van der Waals surface area contributed by atoms with Gasteiger partial charge >= 0.3 is 0 Å². The molecule has 0 aromatic carbocycles. The molecule has 2 saturated carbocycles. The summed E-state index contributed by atoms with van der Waals surface area (Å²) in [5.74, 6) is 1.18. The number of hydrogen-bond acceptors (Lipinski definition) is 9. The van der Waals surface area contributed by atoms with Crippen LogP contribution in [0.4, 0.5) is 0 Å². The molecule has 12 atom stereocenters. The molecule has 2 aliphatic heterocycles. The van der Waals surface area contributed by atoms with Gasteiger partial charge in [-0.2, -0.15) is 0 Å². The zero-order chi connectivity index (χ0) is 24.4. The highest BCUT2D eigenvalue weighted by Gasteiger charge is 2.47. The molecule has 4 fully saturated rings. The first-order valence-corrected chi connectivity index (χ1v) is 13.2. The van der Waals surface area contributed by atoms with Crippen molar-refractivity contribution >= 4 is 0 Å². The lowest BCUT2D eigenvalue weighted by molar-refractivity contribution is -0.319. The average Bonchev–Trinajstić information content (AvgIpc) is 3.61. The highest BCUT2D eigenvalue weighted by Crippen LogP contribution is 2.38. The molecule has 2 aliphatic carbocycles. The first kappa shape index (κ1) is 26.7. The Morgan fingerprint density at radius 1 is 0.765 bits per heavy atom. The van der Waals surface area contributed by atoms with Crippen LogP contribution in [0, 0.1) is 23.7 Å². The van der Waals surface area contributed by atoms with Gasteiger partial charge in [0.05, 0.1) is 31.0 Å². The zero-order valence-electron chi connectivity index (χ0n) is 20.8. The van der Waals surface area contributed by atoms with Gasteiger partial charge < -0.3 is 44.7 Å². The maximum atomic E-state index is 11.3. The van der Waals surface area contributed by atoms with Crippen LogP contribution in [-0.4, -0.2) is 95.4 Å². The van der Waals surface area contributed by atoms with Crippen molar-refractivity contribution in [2.75, 3.05) is 19.7 Å². The van der Waals surface area contributed by atoms with Crippen molar-refractivity contribution < 1.29 is 39.4 Å². The van der Waals surface area contributed by atoms with E-state index in [4.69, 9.17) is 18.9 Å². The molecule has 12 unspecified atom stereocenters. The number of ether oxygens (including phenoxy) is 4. The monoisotopic (exact) mass is 487 g/mol. The smallest absolute Gasteiger partial charge is 0.184 e. The van der Waals surface area contributed by atoms with E-state index < -0.39 is 42.9 Å². The van der Waals surface area contributed by atoms with Crippen molar-refractivity contribution in [3.8, 4) is 0 Å². The molecule has 0 aromatic rings. The SMILES string of the molecule is CC1CCC(CNCC2CC2)OC1OC1C(C)CC(C)C(OC2OC(CO)C(O)CC2O)C1O. The molecule has 0 radical (unpaired) electrons. The summed E-state index contributed by atoms with van der Waals surface area (Å²) in [5.41, 5.74) is 0. The number of hydrogen-bond donors (Lipinski definition) is 5. The van der Waals surface area contributed by atoms with Crippen molar-refractivity contribution in [1.82, 2.24) is 5.32 Å². The summed E-state index contributed by atoms with van der Waals surface area (Å²) in [6, 6.07) is 0. The van der Waals surface area contributed by atoms with Crippen molar-refractivity contribution in [2.45, 2.75) is 115 Å². The largest absolute Gasteiger partial charge is 0.394 e. The summed E-state index contributed by atoms with van der Waals surface area (Å²) < 4.78 is 24.4. The molecule has 2 saturated heterocycles. The highest BCUT2D eigenvalue weighted by molar-refractivity contribution is 4.93. The molecule has 0 bridgehead atoms. The van der Waals surface area contributed by atoms with Gasteiger partial charge in [0.25, 0.3) is 0 Å². The van der Waals surface area contributed by atoms with E-state index in [-0.39, 0.29) is 43.2 Å². The van der Waals surface area contributed by atoms with E-state index in [1.54, 1.807) is 0 Å². The van der Waals surface area contributed by atoms with Gasteiger partial charge in [-0.15, -0.1) is 0 Å². The Labute approximate surface area is 203 Å². The molecule has 198 valence electrons. The second kappa shape index (κ2) is 11.8. The van der Waals surface area contributed by atoms with Crippen LogP contribution in [0.2, 0.25) is 0 Å². The Bertz CT molecular complexity index is 636. The Morgan fingerprint density at radius 3 is 2.09 bits per heavy atom. The molecule has 9 heteroatoms. The topological polar surface area (TPSA) is 130 Å². The maximum absolute atomic E-state index is 11.3. The third kappa shape index (κ3) is 6.49. The summed E-state index contributed by atoms with van der Waals surface area (Å²) in [6.07, 6.45) is -0.617. The lowest BCUT2D eigenvalue weighted by atomic mass is 9.77. The zero-order valence-corrected chi connectivity index (χ0v) is 20.8. The molecule has 5 N–H and O–H groups in total. The summed E-state index contributed by atoms with van der Waals surface area (Å²) in [7, 11) is 0. The first-order valence-electron chi connectivity index (χ1n) is 13.2. The maximum Gasteiger partial charge on any atom is 0.184 e. The van der Waals surface area contributed by atoms with Crippen LogP contribution in [0.1, 0.15) is 59.3 Å². The van der Waals surface area contributed by atoms with Crippen LogP contribution in [0.25, 0.3) is 0 Å². The number of aliphatic hydroxyl groups is 4. The summed E-state index contributed by atoms with van der Waals surface area (Å²) >= 11 is 0. The Hall–Kier alpha value is -0.360. The normalized spacial score (nSPS) is 48.1. The predicted octanol–water partition coefficient (Wildman–Crippen LogP) is 0.764. The lowest BCUT2D eigenvalue weighted by Gasteiger charge is -2.47. The van der Waals surface area contributed by atoms with E-state index in [0.717, 1.165) is 38.3 Å². The fourth-order valence-corrected chi connectivity index (χ4v) is 5.67. The van der Waals surface area contributed by atoms with E-state index >= 15 is 0 Å². The molecule has 0 aromatic heterocycles. The van der Waals surface area contributed by atoms with Crippen LogP contribution in [0.3, 0.4) is 0 Å². The minimum absolute atomic E-state index is 0.0177. The third-order valence-electron chi connectivity index (χ3n) is 8.07.